The number of aliphatic carboxylic acids is 1. The fraction of sp³-hybridized carbons (Fsp3) is 0.327. The number of carbonyl (C=O) groups excluding carboxylic acids is 3. The average Bonchev–Trinajstić information content (AvgIpc) is 3.75. The van der Waals surface area contributed by atoms with Crippen LogP contribution in [0.1, 0.15) is 86.9 Å². The molecule has 2 aromatic heterocycles. The number of aryl methyl sites for hydroxylation is 1. The van der Waals surface area contributed by atoms with Crippen LogP contribution in [0.4, 0.5) is 11.4 Å². The maximum Gasteiger partial charge on any atom is 0.305 e. The minimum atomic E-state index is -0.902. The van der Waals surface area contributed by atoms with Gasteiger partial charge in [0.25, 0.3) is 17.7 Å². The smallest absolute Gasteiger partial charge is 0.305 e. The van der Waals surface area contributed by atoms with E-state index in [0.29, 0.717) is 79.8 Å². The van der Waals surface area contributed by atoms with Crippen LogP contribution in [0.25, 0.3) is 22.2 Å². The van der Waals surface area contributed by atoms with E-state index in [1.54, 1.807) is 30.5 Å². The summed E-state index contributed by atoms with van der Waals surface area (Å²) in [4.78, 5) is 58.5. The molecule has 0 spiro atoms. The molecule has 66 heavy (non-hydrogen) atoms. The summed E-state index contributed by atoms with van der Waals surface area (Å²) < 4.78 is 18.2. The van der Waals surface area contributed by atoms with Crippen molar-refractivity contribution in [2.75, 3.05) is 69.5 Å². The normalized spacial score (nSPS) is 13.2. The highest BCUT2D eigenvalue weighted by molar-refractivity contribution is 6.07. The van der Waals surface area contributed by atoms with Gasteiger partial charge in [0.2, 0.25) is 0 Å². The Labute approximate surface area is 385 Å². The lowest BCUT2D eigenvalue weighted by atomic mass is 9.87. The van der Waals surface area contributed by atoms with Crippen LogP contribution in [0.15, 0.2) is 116 Å². The van der Waals surface area contributed by atoms with Gasteiger partial charge >= 0.3 is 5.97 Å². The largest absolute Gasteiger partial charge is 0.481 e. The van der Waals surface area contributed by atoms with E-state index in [2.05, 4.69) is 51.4 Å². The molecule has 14 nitrogen and oxygen atoms in total. The van der Waals surface area contributed by atoms with Crippen molar-refractivity contribution in [2.45, 2.75) is 52.1 Å². The van der Waals surface area contributed by atoms with Crippen molar-refractivity contribution in [2.24, 2.45) is 0 Å². The lowest BCUT2D eigenvalue weighted by Crippen LogP contribution is -2.31. The first kappa shape index (κ1) is 47.1. The van der Waals surface area contributed by atoms with Gasteiger partial charge in [0.15, 0.2) is 0 Å². The SMILES string of the molecule is CCN(CC)c1ccc(NC(=O)c2cccc(Cn3ccc4c(C(=O)NCCOCCOCCOCCC(=O)O)cccc43)c2)c(-c2cc(C(=O)NC3CCCc4ccccc43)ccn2)c1. The van der Waals surface area contributed by atoms with Crippen LogP contribution in [0, 0.1) is 0 Å². The van der Waals surface area contributed by atoms with Crippen molar-refractivity contribution in [1.29, 1.82) is 0 Å². The molecule has 4 aromatic carbocycles. The summed E-state index contributed by atoms with van der Waals surface area (Å²) in [5, 5.41) is 18.8. The molecule has 14 heteroatoms. The summed E-state index contributed by atoms with van der Waals surface area (Å²) in [6.45, 7) is 8.39. The Morgan fingerprint density at radius 2 is 1.53 bits per heavy atom. The van der Waals surface area contributed by atoms with E-state index in [1.807, 2.05) is 72.9 Å². The third-order valence-corrected chi connectivity index (χ3v) is 11.7. The third-order valence-electron chi connectivity index (χ3n) is 11.7. The molecule has 1 aliphatic rings. The second-order valence-corrected chi connectivity index (χ2v) is 16.0. The zero-order valence-corrected chi connectivity index (χ0v) is 37.6. The molecule has 344 valence electrons. The quantitative estimate of drug-likeness (QED) is 0.0463. The number of carboxylic acids is 1. The molecule has 0 fully saturated rings. The Balaban J connectivity index is 0.988. The van der Waals surface area contributed by atoms with E-state index in [1.165, 1.54) is 11.1 Å². The number of nitrogens with zero attached hydrogens (tertiary/aromatic N) is 3. The number of nitrogens with one attached hydrogen (secondary N) is 3. The number of pyridine rings is 1. The minimum absolute atomic E-state index is 0.0415. The van der Waals surface area contributed by atoms with Crippen molar-refractivity contribution < 1.29 is 38.5 Å². The first-order valence-corrected chi connectivity index (χ1v) is 22.7. The maximum atomic E-state index is 14.1. The van der Waals surface area contributed by atoms with Crippen LogP contribution >= 0.6 is 0 Å². The fourth-order valence-corrected chi connectivity index (χ4v) is 8.30. The van der Waals surface area contributed by atoms with Gasteiger partial charge in [-0.2, -0.15) is 0 Å². The van der Waals surface area contributed by atoms with Crippen molar-refractivity contribution in [3.63, 3.8) is 0 Å². The van der Waals surface area contributed by atoms with Gasteiger partial charge in [-0.05, 0) is 110 Å². The Kier molecular flexibility index (Phi) is 16.7. The average molecular weight is 895 g/mol. The summed E-state index contributed by atoms with van der Waals surface area (Å²) in [6, 6.07) is 32.7. The first-order chi connectivity index (χ1) is 32.2. The number of carbonyl (C=O) groups is 4. The van der Waals surface area contributed by atoms with E-state index in [0.717, 1.165) is 54.5 Å². The molecule has 1 atom stereocenters. The van der Waals surface area contributed by atoms with Crippen LogP contribution in [0.5, 0.6) is 0 Å². The van der Waals surface area contributed by atoms with Crippen molar-refractivity contribution in [3.05, 3.63) is 149 Å². The number of anilines is 2. The third kappa shape index (κ3) is 12.3. The van der Waals surface area contributed by atoms with Crippen LogP contribution in [0.3, 0.4) is 0 Å². The number of aromatic nitrogens is 2. The van der Waals surface area contributed by atoms with Crippen LogP contribution < -0.4 is 20.9 Å². The predicted octanol–water partition coefficient (Wildman–Crippen LogP) is 7.91. The van der Waals surface area contributed by atoms with Crippen LogP contribution in [-0.2, 0) is 32.0 Å². The molecule has 6 aromatic rings. The van der Waals surface area contributed by atoms with Gasteiger partial charge in [0.05, 0.1) is 63.5 Å². The van der Waals surface area contributed by atoms with Crippen molar-refractivity contribution in [1.82, 2.24) is 20.2 Å². The zero-order chi connectivity index (χ0) is 46.3. The van der Waals surface area contributed by atoms with Crippen LogP contribution in [-0.4, -0.2) is 97.6 Å². The zero-order valence-electron chi connectivity index (χ0n) is 37.6. The molecule has 1 unspecified atom stereocenters. The number of hydrogen-bond donors (Lipinski definition) is 4. The molecular weight excluding hydrogens is 837 g/mol. The standard InChI is InChI=1S/C52H58N6O8/c1-3-57(4-2)40-18-19-46(44(34-40)47-33-39(20-23-53-47)51(62)55-45-16-8-12-37-11-5-6-14-41(37)45)56-50(61)38-13-7-10-36(32-38)35-58-25-21-42-43(15-9-17-48(42)58)52(63)54-24-27-65-29-31-66-30-28-64-26-22-49(59)60/h5-7,9-11,13-15,17-21,23,25,32-34,45H,3-4,8,12,16,22,24,26-31,35H2,1-2H3,(H,54,63)(H,55,62)(H,56,61)(H,59,60). The van der Waals surface area contributed by atoms with Crippen molar-refractivity contribution >= 4 is 46.0 Å². The molecule has 0 saturated carbocycles. The Morgan fingerprint density at radius 1 is 0.773 bits per heavy atom. The van der Waals surface area contributed by atoms with Gasteiger partial charge in [-0.3, -0.25) is 24.2 Å². The minimum Gasteiger partial charge on any atom is -0.481 e. The van der Waals surface area contributed by atoms with E-state index >= 15 is 0 Å². The van der Waals surface area contributed by atoms with Gasteiger partial charge < -0.3 is 44.7 Å². The molecule has 0 radical (unpaired) electrons. The van der Waals surface area contributed by atoms with Crippen molar-refractivity contribution in [3.8, 4) is 11.3 Å². The Bertz CT molecular complexity index is 2620. The summed E-state index contributed by atoms with van der Waals surface area (Å²) in [6.07, 6.45) is 6.44. The molecule has 2 heterocycles. The van der Waals surface area contributed by atoms with E-state index < -0.39 is 5.97 Å². The molecule has 0 aliphatic heterocycles. The molecule has 3 amide bonds. The Morgan fingerprint density at radius 3 is 2.33 bits per heavy atom. The van der Waals surface area contributed by atoms with E-state index in [4.69, 9.17) is 24.3 Å². The molecular formula is C52H58N6O8. The monoisotopic (exact) mass is 894 g/mol. The van der Waals surface area contributed by atoms with Gasteiger partial charge in [-0.25, -0.2) is 0 Å². The van der Waals surface area contributed by atoms with Gasteiger partial charge in [-0.1, -0.05) is 42.5 Å². The maximum absolute atomic E-state index is 14.1. The highest BCUT2D eigenvalue weighted by atomic mass is 16.5. The van der Waals surface area contributed by atoms with Crippen LogP contribution in [0.2, 0.25) is 0 Å². The van der Waals surface area contributed by atoms with Gasteiger partial charge in [0.1, 0.15) is 0 Å². The number of rotatable bonds is 23. The molecule has 0 bridgehead atoms. The number of fused-ring (bicyclic) bond motifs is 2. The van der Waals surface area contributed by atoms with E-state index in [9.17, 15) is 19.2 Å². The fourth-order valence-electron chi connectivity index (χ4n) is 8.30. The number of hydrogen-bond acceptors (Lipinski definition) is 9. The second-order valence-electron chi connectivity index (χ2n) is 16.0. The Hall–Kier alpha value is -6.87. The molecule has 0 saturated heterocycles. The second kappa shape index (κ2) is 23.4. The lowest BCUT2D eigenvalue weighted by Gasteiger charge is -2.26. The highest BCUT2D eigenvalue weighted by Gasteiger charge is 2.23. The topological polar surface area (TPSA) is 173 Å². The highest BCUT2D eigenvalue weighted by Crippen LogP contribution is 2.34. The lowest BCUT2D eigenvalue weighted by molar-refractivity contribution is -0.138. The number of amides is 3. The van der Waals surface area contributed by atoms with Gasteiger partial charge in [0, 0.05) is 77.4 Å². The summed E-state index contributed by atoms with van der Waals surface area (Å²) >= 11 is 0. The predicted molar refractivity (Wildman–Crippen MR) is 255 cm³/mol. The summed E-state index contributed by atoms with van der Waals surface area (Å²) in [5.41, 5.74) is 8.56. The number of benzene rings is 4. The summed E-state index contributed by atoms with van der Waals surface area (Å²) in [5.74, 6) is -1.57. The first-order valence-electron chi connectivity index (χ1n) is 22.7. The number of ether oxygens (including phenoxy) is 3. The van der Waals surface area contributed by atoms with Gasteiger partial charge in [-0.15, -0.1) is 0 Å². The van der Waals surface area contributed by atoms with E-state index in [-0.39, 0.29) is 36.8 Å². The molecule has 7 rings (SSSR count). The molecule has 1 aliphatic carbocycles. The molecule has 4 N–H and O–H groups in total. The summed E-state index contributed by atoms with van der Waals surface area (Å²) in [7, 11) is 0. The number of carboxylic acid groups (broad SMARTS) is 1.